The second-order valence-corrected chi connectivity index (χ2v) is 6.80. The molecule has 0 saturated heterocycles. The average molecular weight is 380 g/mol. The van der Waals surface area contributed by atoms with Crippen LogP contribution in [0.25, 0.3) is 0 Å². The van der Waals surface area contributed by atoms with Gasteiger partial charge >= 0.3 is 6.18 Å². The molecule has 140 valence electrons. The zero-order valence-electron chi connectivity index (χ0n) is 14.0. The SMILES string of the molecule is CC12C=CC(C)(O1)C1=C2C(=O)N(c2ccc([N+](=O)[O-])c(C(F)(F)F)c2)C1=O. The lowest BCUT2D eigenvalue weighted by molar-refractivity contribution is -0.388. The maximum Gasteiger partial charge on any atom is 0.423 e. The molecule has 2 unspecified atom stereocenters. The van der Waals surface area contributed by atoms with Gasteiger partial charge in [0.2, 0.25) is 0 Å². The number of alkyl halides is 3. The lowest BCUT2D eigenvalue weighted by atomic mass is 9.85. The predicted molar refractivity (Wildman–Crippen MR) is 84.7 cm³/mol. The van der Waals surface area contributed by atoms with Gasteiger partial charge in [0.05, 0.1) is 21.8 Å². The summed E-state index contributed by atoms with van der Waals surface area (Å²) in [5.74, 6) is -1.60. The van der Waals surface area contributed by atoms with E-state index in [4.69, 9.17) is 4.74 Å². The Morgan fingerprint density at radius 3 is 2.04 bits per heavy atom. The first kappa shape index (κ1) is 17.4. The second-order valence-electron chi connectivity index (χ2n) is 6.80. The van der Waals surface area contributed by atoms with E-state index in [1.165, 1.54) is 0 Å². The van der Waals surface area contributed by atoms with E-state index < -0.39 is 45.4 Å². The van der Waals surface area contributed by atoms with Crippen molar-refractivity contribution in [3.8, 4) is 0 Å². The fourth-order valence-electron chi connectivity index (χ4n) is 3.83. The molecule has 3 aliphatic heterocycles. The molecule has 0 radical (unpaired) electrons. The number of rotatable bonds is 2. The molecule has 1 aromatic rings. The normalized spacial score (nSPS) is 29.1. The molecule has 0 spiro atoms. The molecule has 2 bridgehead atoms. The van der Waals surface area contributed by atoms with Crippen LogP contribution >= 0.6 is 0 Å². The Balaban J connectivity index is 1.83. The molecule has 0 N–H and O–H groups in total. The van der Waals surface area contributed by atoms with Gasteiger partial charge in [-0.2, -0.15) is 13.2 Å². The molecule has 7 nitrogen and oxygen atoms in total. The van der Waals surface area contributed by atoms with Crippen molar-refractivity contribution in [3.05, 3.63) is 57.2 Å². The fraction of sp³-hybridized carbons (Fsp3) is 0.294. The molecular formula is C17H11F3N2O5. The Morgan fingerprint density at radius 2 is 1.59 bits per heavy atom. The minimum Gasteiger partial charge on any atom is -0.351 e. The quantitative estimate of drug-likeness (QED) is 0.341. The number of ether oxygens (including phenoxy) is 1. The van der Waals surface area contributed by atoms with Crippen LogP contribution in [0.3, 0.4) is 0 Å². The van der Waals surface area contributed by atoms with Gasteiger partial charge < -0.3 is 4.74 Å². The Bertz CT molecular complexity index is 972. The molecule has 0 saturated carbocycles. The Morgan fingerprint density at radius 1 is 1.07 bits per heavy atom. The first-order valence-corrected chi connectivity index (χ1v) is 7.79. The highest BCUT2D eigenvalue weighted by atomic mass is 19.4. The fourth-order valence-corrected chi connectivity index (χ4v) is 3.83. The van der Waals surface area contributed by atoms with Gasteiger partial charge in [0.1, 0.15) is 16.8 Å². The number of imide groups is 1. The predicted octanol–water partition coefficient (Wildman–Crippen LogP) is 2.90. The summed E-state index contributed by atoms with van der Waals surface area (Å²) < 4.78 is 45.4. The number of nitro benzene ring substituents is 1. The highest BCUT2D eigenvalue weighted by Gasteiger charge is 2.62. The molecular weight excluding hydrogens is 369 g/mol. The number of nitrogens with zero attached hydrogens (tertiary/aromatic N) is 2. The van der Waals surface area contributed by atoms with E-state index in [0.29, 0.717) is 17.0 Å². The van der Waals surface area contributed by atoms with E-state index in [2.05, 4.69) is 0 Å². The van der Waals surface area contributed by atoms with E-state index >= 15 is 0 Å². The van der Waals surface area contributed by atoms with Crippen LogP contribution in [0.15, 0.2) is 41.5 Å². The number of nitro groups is 1. The molecule has 3 heterocycles. The van der Waals surface area contributed by atoms with Crippen LogP contribution in [0.1, 0.15) is 19.4 Å². The van der Waals surface area contributed by atoms with Crippen molar-refractivity contribution in [2.45, 2.75) is 31.2 Å². The molecule has 0 fully saturated rings. The van der Waals surface area contributed by atoms with Crippen molar-refractivity contribution in [3.63, 3.8) is 0 Å². The van der Waals surface area contributed by atoms with Gasteiger partial charge in [0.25, 0.3) is 17.5 Å². The second kappa shape index (κ2) is 4.83. The maximum absolute atomic E-state index is 13.2. The van der Waals surface area contributed by atoms with E-state index in [-0.39, 0.29) is 16.8 Å². The van der Waals surface area contributed by atoms with Crippen molar-refractivity contribution < 1.29 is 32.4 Å². The zero-order valence-corrected chi connectivity index (χ0v) is 14.0. The van der Waals surface area contributed by atoms with Crippen molar-refractivity contribution in [1.82, 2.24) is 0 Å². The van der Waals surface area contributed by atoms with Gasteiger partial charge in [-0.05, 0) is 38.1 Å². The topological polar surface area (TPSA) is 89.8 Å². The highest BCUT2D eigenvalue weighted by Crippen LogP contribution is 2.54. The number of hydrogen-bond donors (Lipinski definition) is 0. The number of hydrogen-bond acceptors (Lipinski definition) is 5. The summed E-state index contributed by atoms with van der Waals surface area (Å²) >= 11 is 0. The van der Waals surface area contributed by atoms with Crippen LogP contribution in [0.5, 0.6) is 0 Å². The number of carbonyl (C=O) groups is 2. The summed E-state index contributed by atoms with van der Waals surface area (Å²) in [4.78, 5) is 36.0. The zero-order chi connectivity index (χ0) is 19.9. The Kier molecular flexibility index (Phi) is 3.11. The summed E-state index contributed by atoms with van der Waals surface area (Å²) in [5, 5.41) is 10.9. The molecule has 4 rings (SSSR count). The smallest absolute Gasteiger partial charge is 0.351 e. The lowest BCUT2D eigenvalue weighted by Crippen LogP contribution is -2.40. The van der Waals surface area contributed by atoms with Gasteiger partial charge in [0.15, 0.2) is 0 Å². The van der Waals surface area contributed by atoms with Crippen LogP contribution in [0.2, 0.25) is 0 Å². The summed E-state index contributed by atoms with van der Waals surface area (Å²) in [6.45, 7) is 3.17. The molecule has 0 aromatic heterocycles. The molecule has 2 amide bonds. The third-order valence-electron chi connectivity index (χ3n) is 4.96. The molecule has 3 aliphatic rings. The maximum atomic E-state index is 13.2. The van der Waals surface area contributed by atoms with E-state index in [1.807, 2.05) is 0 Å². The standard InChI is InChI=1S/C17H11F3N2O5/c1-15-5-6-16(2,27-15)12-11(15)13(23)21(14(12)24)8-3-4-10(22(25)26)9(7-8)17(18,19)20/h3-7H,1-2H3. The summed E-state index contributed by atoms with van der Waals surface area (Å²) in [6, 6.07) is 2.03. The Labute approximate surface area is 149 Å². The van der Waals surface area contributed by atoms with E-state index in [9.17, 15) is 32.9 Å². The van der Waals surface area contributed by atoms with Gasteiger partial charge in [0, 0.05) is 6.07 Å². The minimum atomic E-state index is -5.03. The number of fused-ring (bicyclic) bond motifs is 4. The van der Waals surface area contributed by atoms with Crippen LogP contribution in [-0.4, -0.2) is 27.9 Å². The largest absolute Gasteiger partial charge is 0.423 e. The lowest BCUT2D eigenvalue weighted by Gasteiger charge is -2.26. The number of halogens is 3. The number of benzene rings is 1. The minimum absolute atomic E-state index is 0.0735. The van der Waals surface area contributed by atoms with Crippen LogP contribution in [0.4, 0.5) is 24.5 Å². The van der Waals surface area contributed by atoms with Gasteiger partial charge in [-0.3, -0.25) is 19.7 Å². The van der Waals surface area contributed by atoms with Gasteiger partial charge in [-0.15, -0.1) is 0 Å². The van der Waals surface area contributed by atoms with Crippen molar-refractivity contribution in [1.29, 1.82) is 0 Å². The third-order valence-corrected chi connectivity index (χ3v) is 4.96. The molecule has 2 atom stereocenters. The van der Waals surface area contributed by atoms with Gasteiger partial charge in [-0.1, -0.05) is 0 Å². The number of amides is 2. The molecule has 27 heavy (non-hydrogen) atoms. The van der Waals surface area contributed by atoms with Crippen molar-refractivity contribution in [2.75, 3.05) is 4.90 Å². The summed E-state index contributed by atoms with van der Waals surface area (Å²) in [5.41, 5.74) is -5.21. The summed E-state index contributed by atoms with van der Waals surface area (Å²) in [6.07, 6.45) is -1.78. The van der Waals surface area contributed by atoms with Crippen LogP contribution < -0.4 is 4.90 Å². The van der Waals surface area contributed by atoms with E-state index in [1.54, 1.807) is 26.0 Å². The Hall–Kier alpha value is -3.01. The first-order valence-electron chi connectivity index (χ1n) is 7.79. The monoisotopic (exact) mass is 380 g/mol. The van der Waals surface area contributed by atoms with E-state index in [0.717, 1.165) is 6.07 Å². The first-order chi connectivity index (χ1) is 12.4. The van der Waals surface area contributed by atoms with Crippen LogP contribution in [0, 0.1) is 10.1 Å². The molecule has 1 aromatic carbocycles. The van der Waals surface area contributed by atoms with Crippen molar-refractivity contribution in [2.24, 2.45) is 0 Å². The van der Waals surface area contributed by atoms with Crippen LogP contribution in [-0.2, 0) is 20.5 Å². The molecule has 10 heteroatoms. The third kappa shape index (κ3) is 2.13. The summed E-state index contributed by atoms with van der Waals surface area (Å²) in [7, 11) is 0. The number of carbonyl (C=O) groups excluding carboxylic acids is 2. The number of anilines is 1. The van der Waals surface area contributed by atoms with Crippen molar-refractivity contribution >= 4 is 23.2 Å². The molecule has 0 aliphatic carbocycles. The van der Waals surface area contributed by atoms with Gasteiger partial charge in [-0.25, -0.2) is 4.90 Å². The average Bonchev–Trinajstić information content (AvgIpc) is 3.10. The highest BCUT2D eigenvalue weighted by molar-refractivity contribution is 6.35.